The average Bonchev–Trinajstić information content (AvgIpc) is 2.62. The fraction of sp³-hybridized carbons (Fsp3) is 0.111. The highest BCUT2D eigenvalue weighted by Crippen LogP contribution is 2.22. The molecule has 0 aliphatic heterocycles. The van der Waals surface area contributed by atoms with Gasteiger partial charge >= 0.3 is 0 Å². The molecule has 3 aromatic rings. The summed E-state index contributed by atoms with van der Waals surface area (Å²) < 4.78 is 0. The number of aromatic nitrogens is 3. The second-order valence-electron chi connectivity index (χ2n) is 5.08. The molecule has 2 aromatic carbocycles. The van der Waals surface area contributed by atoms with E-state index in [9.17, 15) is 0 Å². The molecular formula is C18H14ClN5. The van der Waals surface area contributed by atoms with Gasteiger partial charge < -0.3 is 5.32 Å². The molecule has 1 N–H and O–H groups in total. The third kappa shape index (κ3) is 3.67. The molecule has 3 rings (SSSR count). The van der Waals surface area contributed by atoms with Crippen molar-refractivity contribution >= 4 is 23.2 Å². The molecule has 0 atom stereocenters. The molecular weight excluding hydrogens is 322 g/mol. The van der Waals surface area contributed by atoms with Crippen LogP contribution in [0.5, 0.6) is 0 Å². The van der Waals surface area contributed by atoms with Crippen molar-refractivity contribution < 1.29 is 0 Å². The van der Waals surface area contributed by atoms with Crippen LogP contribution in [0.15, 0.2) is 48.5 Å². The van der Waals surface area contributed by atoms with Gasteiger partial charge in [0.05, 0.1) is 11.6 Å². The molecule has 0 bridgehead atoms. The van der Waals surface area contributed by atoms with Crippen LogP contribution in [0, 0.1) is 11.3 Å². The number of benzene rings is 2. The van der Waals surface area contributed by atoms with Gasteiger partial charge in [0.15, 0.2) is 5.82 Å². The summed E-state index contributed by atoms with van der Waals surface area (Å²) in [6.45, 7) is 1.99. The Hall–Kier alpha value is -2.97. The van der Waals surface area contributed by atoms with E-state index in [1.807, 2.05) is 43.3 Å². The standard InChI is InChI=1S/C18H14ClN5/c1-2-16-22-17(13-4-3-5-14(19)10-13)24-18(23-16)21-15-8-6-12(11-20)7-9-15/h3-10H,2H2,1H3,(H,21,22,23,24). The Balaban J connectivity index is 1.95. The monoisotopic (exact) mass is 335 g/mol. The number of rotatable bonds is 4. The third-order valence-electron chi connectivity index (χ3n) is 3.35. The van der Waals surface area contributed by atoms with E-state index >= 15 is 0 Å². The van der Waals surface area contributed by atoms with Crippen molar-refractivity contribution in [3.8, 4) is 17.5 Å². The minimum atomic E-state index is 0.460. The molecule has 5 nitrogen and oxygen atoms in total. The highest BCUT2D eigenvalue weighted by molar-refractivity contribution is 6.30. The van der Waals surface area contributed by atoms with E-state index in [4.69, 9.17) is 16.9 Å². The molecule has 0 unspecified atom stereocenters. The Morgan fingerprint density at radius 3 is 2.54 bits per heavy atom. The lowest BCUT2D eigenvalue weighted by Gasteiger charge is -2.09. The van der Waals surface area contributed by atoms with Crippen molar-refractivity contribution in [3.05, 3.63) is 64.9 Å². The lowest BCUT2D eigenvalue weighted by molar-refractivity contribution is 0.910. The van der Waals surface area contributed by atoms with Crippen LogP contribution >= 0.6 is 11.6 Å². The minimum absolute atomic E-state index is 0.460. The van der Waals surface area contributed by atoms with Gasteiger partial charge in [-0.25, -0.2) is 4.98 Å². The smallest absolute Gasteiger partial charge is 0.231 e. The molecule has 0 radical (unpaired) electrons. The van der Waals surface area contributed by atoms with Crippen molar-refractivity contribution in [2.24, 2.45) is 0 Å². The van der Waals surface area contributed by atoms with Gasteiger partial charge in [0.2, 0.25) is 5.95 Å². The van der Waals surface area contributed by atoms with Crippen LogP contribution in [0.2, 0.25) is 5.02 Å². The summed E-state index contributed by atoms with van der Waals surface area (Å²) in [6, 6.07) is 16.6. The SMILES string of the molecule is CCc1nc(Nc2ccc(C#N)cc2)nc(-c2cccc(Cl)c2)n1. The van der Waals surface area contributed by atoms with Crippen LogP contribution in [-0.2, 0) is 6.42 Å². The fourth-order valence-electron chi connectivity index (χ4n) is 2.15. The quantitative estimate of drug-likeness (QED) is 0.766. The summed E-state index contributed by atoms with van der Waals surface area (Å²) in [5.74, 6) is 1.72. The molecule has 0 amide bonds. The predicted molar refractivity (Wildman–Crippen MR) is 94.1 cm³/mol. The summed E-state index contributed by atoms with van der Waals surface area (Å²) in [5, 5.41) is 12.6. The molecule has 0 aliphatic carbocycles. The molecule has 1 aromatic heterocycles. The lowest BCUT2D eigenvalue weighted by Crippen LogP contribution is -2.05. The second kappa shape index (κ2) is 7.07. The Labute approximate surface area is 145 Å². The average molecular weight is 336 g/mol. The van der Waals surface area contributed by atoms with E-state index in [1.165, 1.54) is 0 Å². The van der Waals surface area contributed by atoms with Crippen molar-refractivity contribution in [3.63, 3.8) is 0 Å². The van der Waals surface area contributed by atoms with E-state index in [1.54, 1.807) is 12.1 Å². The minimum Gasteiger partial charge on any atom is -0.324 e. The molecule has 6 heteroatoms. The Kier molecular flexibility index (Phi) is 4.69. The zero-order valence-electron chi connectivity index (χ0n) is 13.0. The summed E-state index contributed by atoms with van der Waals surface area (Å²) in [5.41, 5.74) is 2.24. The summed E-state index contributed by atoms with van der Waals surface area (Å²) >= 11 is 6.05. The number of halogens is 1. The molecule has 118 valence electrons. The van der Waals surface area contributed by atoms with E-state index in [2.05, 4.69) is 26.3 Å². The molecule has 0 saturated heterocycles. The lowest BCUT2D eigenvalue weighted by atomic mass is 10.2. The van der Waals surface area contributed by atoms with Crippen LogP contribution in [0.25, 0.3) is 11.4 Å². The molecule has 0 fully saturated rings. The fourth-order valence-corrected chi connectivity index (χ4v) is 2.34. The van der Waals surface area contributed by atoms with Crippen molar-refractivity contribution in [2.75, 3.05) is 5.32 Å². The van der Waals surface area contributed by atoms with Crippen LogP contribution in [0.4, 0.5) is 11.6 Å². The van der Waals surface area contributed by atoms with Gasteiger partial charge in [-0.15, -0.1) is 0 Å². The van der Waals surface area contributed by atoms with Crippen LogP contribution in [0.1, 0.15) is 18.3 Å². The number of aryl methyl sites for hydroxylation is 1. The number of hydrogen-bond donors (Lipinski definition) is 1. The molecule has 24 heavy (non-hydrogen) atoms. The molecule has 0 saturated carbocycles. The predicted octanol–water partition coefficient (Wildman–Crippen LogP) is 4.37. The zero-order valence-corrected chi connectivity index (χ0v) is 13.7. The maximum atomic E-state index is 8.86. The Bertz CT molecular complexity index is 900. The number of nitrogens with zero attached hydrogens (tertiary/aromatic N) is 4. The van der Waals surface area contributed by atoms with Gasteiger partial charge in [-0.3, -0.25) is 0 Å². The number of nitriles is 1. The maximum Gasteiger partial charge on any atom is 0.231 e. The second-order valence-corrected chi connectivity index (χ2v) is 5.51. The molecule has 0 spiro atoms. The first-order chi connectivity index (χ1) is 11.7. The molecule has 0 aliphatic rings. The van der Waals surface area contributed by atoms with E-state index in [-0.39, 0.29) is 0 Å². The number of hydrogen-bond acceptors (Lipinski definition) is 5. The first kappa shape index (κ1) is 15.9. The largest absolute Gasteiger partial charge is 0.324 e. The summed E-state index contributed by atoms with van der Waals surface area (Å²) in [6.07, 6.45) is 0.693. The van der Waals surface area contributed by atoms with Crippen molar-refractivity contribution in [1.29, 1.82) is 5.26 Å². The molecule has 1 heterocycles. The third-order valence-corrected chi connectivity index (χ3v) is 3.59. The van der Waals surface area contributed by atoms with Crippen LogP contribution in [-0.4, -0.2) is 15.0 Å². The topological polar surface area (TPSA) is 74.5 Å². The zero-order chi connectivity index (χ0) is 16.9. The van der Waals surface area contributed by atoms with Gasteiger partial charge in [-0.2, -0.15) is 15.2 Å². The normalized spacial score (nSPS) is 10.2. The van der Waals surface area contributed by atoms with Gasteiger partial charge in [0.25, 0.3) is 0 Å². The number of nitrogens with one attached hydrogen (secondary N) is 1. The van der Waals surface area contributed by atoms with Gasteiger partial charge in [0, 0.05) is 22.7 Å². The van der Waals surface area contributed by atoms with Gasteiger partial charge in [-0.05, 0) is 36.4 Å². The van der Waals surface area contributed by atoms with Gasteiger partial charge in [0.1, 0.15) is 5.82 Å². The van der Waals surface area contributed by atoms with Crippen molar-refractivity contribution in [2.45, 2.75) is 13.3 Å². The van der Waals surface area contributed by atoms with Crippen molar-refractivity contribution in [1.82, 2.24) is 15.0 Å². The summed E-state index contributed by atoms with van der Waals surface area (Å²) in [4.78, 5) is 13.3. The van der Waals surface area contributed by atoms with E-state index < -0.39 is 0 Å². The van der Waals surface area contributed by atoms with Gasteiger partial charge in [-0.1, -0.05) is 30.7 Å². The van der Waals surface area contributed by atoms with E-state index in [0.29, 0.717) is 34.6 Å². The Morgan fingerprint density at radius 1 is 1.08 bits per heavy atom. The number of anilines is 2. The first-order valence-electron chi connectivity index (χ1n) is 7.46. The highest BCUT2D eigenvalue weighted by atomic mass is 35.5. The maximum absolute atomic E-state index is 8.86. The first-order valence-corrected chi connectivity index (χ1v) is 7.84. The van der Waals surface area contributed by atoms with Crippen LogP contribution < -0.4 is 5.32 Å². The van der Waals surface area contributed by atoms with E-state index in [0.717, 1.165) is 11.3 Å². The summed E-state index contributed by atoms with van der Waals surface area (Å²) in [7, 11) is 0. The highest BCUT2D eigenvalue weighted by Gasteiger charge is 2.08. The Morgan fingerprint density at radius 2 is 1.88 bits per heavy atom. The van der Waals surface area contributed by atoms with Crippen LogP contribution in [0.3, 0.4) is 0 Å².